The van der Waals surface area contributed by atoms with E-state index in [9.17, 15) is 4.79 Å². The van der Waals surface area contributed by atoms with Gasteiger partial charge in [-0.2, -0.15) is 0 Å². The van der Waals surface area contributed by atoms with Crippen LogP contribution < -0.4 is 0 Å². The quantitative estimate of drug-likeness (QED) is 0.747. The van der Waals surface area contributed by atoms with Gasteiger partial charge in [0.05, 0.1) is 7.11 Å². The molecule has 1 atom stereocenters. The van der Waals surface area contributed by atoms with Crippen molar-refractivity contribution in [2.45, 2.75) is 31.7 Å². The molecule has 1 unspecified atom stereocenters. The summed E-state index contributed by atoms with van der Waals surface area (Å²) in [4.78, 5) is 13.9. The molecule has 1 aliphatic rings. The third-order valence-corrected chi connectivity index (χ3v) is 3.59. The van der Waals surface area contributed by atoms with Crippen molar-refractivity contribution in [2.75, 3.05) is 20.2 Å². The molecule has 1 heterocycles. The lowest BCUT2D eigenvalue weighted by Gasteiger charge is -2.22. The van der Waals surface area contributed by atoms with Gasteiger partial charge in [-0.05, 0) is 44.3 Å². The predicted molar refractivity (Wildman–Crippen MR) is 71.4 cm³/mol. The zero-order chi connectivity index (χ0) is 12.8. The molecule has 0 aromatic heterocycles. The van der Waals surface area contributed by atoms with Crippen molar-refractivity contribution in [2.24, 2.45) is 0 Å². The molecule has 18 heavy (non-hydrogen) atoms. The highest BCUT2D eigenvalue weighted by Gasteiger charge is 2.30. The second kappa shape index (κ2) is 6.55. The fourth-order valence-electron chi connectivity index (χ4n) is 2.63. The number of methoxy groups -OCH3 is 1. The molecular weight excluding hydrogens is 226 g/mol. The van der Waals surface area contributed by atoms with Crippen molar-refractivity contribution in [1.29, 1.82) is 0 Å². The van der Waals surface area contributed by atoms with Gasteiger partial charge in [0.2, 0.25) is 0 Å². The number of carbonyl (C=O) groups excluding carboxylic acids is 1. The second-order valence-electron chi connectivity index (χ2n) is 4.81. The summed E-state index contributed by atoms with van der Waals surface area (Å²) in [5.41, 5.74) is 1.37. The first kappa shape index (κ1) is 13.1. The summed E-state index contributed by atoms with van der Waals surface area (Å²) >= 11 is 0. The molecule has 0 spiro atoms. The van der Waals surface area contributed by atoms with Crippen LogP contribution in [0.2, 0.25) is 0 Å². The van der Waals surface area contributed by atoms with Crippen molar-refractivity contribution >= 4 is 5.97 Å². The zero-order valence-corrected chi connectivity index (χ0v) is 11.0. The van der Waals surface area contributed by atoms with Crippen molar-refractivity contribution in [1.82, 2.24) is 4.90 Å². The summed E-state index contributed by atoms with van der Waals surface area (Å²) in [6.07, 6.45) is 4.21. The zero-order valence-electron chi connectivity index (χ0n) is 11.0. The van der Waals surface area contributed by atoms with E-state index in [-0.39, 0.29) is 12.0 Å². The summed E-state index contributed by atoms with van der Waals surface area (Å²) in [7, 11) is 1.48. The van der Waals surface area contributed by atoms with Gasteiger partial charge in [-0.15, -0.1) is 0 Å². The van der Waals surface area contributed by atoms with Gasteiger partial charge in [0.15, 0.2) is 0 Å². The first-order valence-electron chi connectivity index (χ1n) is 6.67. The Balaban J connectivity index is 1.78. The third kappa shape index (κ3) is 3.33. The van der Waals surface area contributed by atoms with Crippen LogP contribution >= 0.6 is 0 Å². The van der Waals surface area contributed by atoms with Crippen LogP contribution in [0.25, 0.3) is 0 Å². The molecular formula is C15H21NO2. The van der Waals surface area contributed by atoms with E-state index in [1.807, 2.05) is 6.07 Å². The molecule has 0 bridgehead atoms. The van der Waals surface area contributed by atoms with Crippen LogP contribution in [-0.4, -0.2) is 37.1 Å². The fraction of sp³-hybridized carbons (Fsp3) is 0.533. The molecule has 1 aromatic carbocycles. The minimum Gasteiger partial charge on any atom is -0.468 e. The SMILES string of the molecule is COC(=O)C1CCCN1CCCc1ccccc1. The van der Waals surface area contributed by atoms with Gasteiger partial charge in [-0.1, -0.05) is 30.3 Å². The van der Waals surface area contributed by atoms with Gasteiger partial charge in [-0.25, -0.2) is 0 Å². The van der Waals surface area contributed by atoms with E-state index < -0.39 is 0 Å². The molecule has 0 saturated carbocycles. The van der Waals surface area contributed by atoms with Gasteiger partial charge in [0, 0.05) is 0 Å². The summed E-state index contributed by atoms with van der Waals surface area (Å²) in [6.45, 7) is 2.00. The van der Waals surface area contributed by atoms with E-state index in [4.69, 9.17) is 4.74 Å². The Morgan fingerprint density at radius 1 is 1.39 bits per heavy atom. The van der Waals surface area contributed by atoms with E-state index in [0.717, 1.165) is 38.8 Å². The van der Waals surface area contributed by atoms with Gasteiger partial charge in [-0.3, -0.25) is 9.69 Å². The van der Waals surface area contributed by atoms with Crippen molar-refractivity contribution in [3.8, 4) is 0 Å². The predicted octanol–water partition coefficient (Wildman–Crippen LogP) is 2.26. The number of hydrogen-bond acceptors (Lipinski definition) is 3. The lowest BCUT2D eigenvalue weighted by molar-refractivity contribution is -0.145. The highest BCUT2D eigenvalue weighted by atomic mass is 16.5. The number of rotatable bonds is 5. The van der Waals surface area contributed by atoms with Crippen LogP contribution in [0.1, 0.15) is 24.8 Å². The molecule has 0 amide bonds. The van der Waals surface area contributed by atoms with E-state index >= 15 is 0 Å². The fourth-order valence-corrected chi connectivity index (χ4v) is 2.63. The average molecular weight is 247 g/mol. The molecule has 3 nitrogen and oxygen atoms in total. The molecule has 2 rings (SSSR count). The number of carbonyl (C=O) groups is 1. The maximum atomic E-state index is 11.6. The number of benzene rings is 1. The molecule has 1 aromatic rings. The van der Waals surface area contributed by atoms with Crippen LogP contribution in [0.3, 0.4) is 0 Å². The number of nitrogens with zero attached hydrogens (tertiary/aromatic N) is 1. The lowest BCUT2D eigenvalue weighted by atomic mass is 10.1. The molecule has 0 aliphatic carbocycles. The second-order valence-corrected chi connectivity index (χ2v) is 4.81. The standard InChI is InChI=1S/C15H21NO2/c1-18-15(17)14-10-6-12-16(14)11-5-9-13-7-3-2-4-8-13/h2-4,7-8,14H,5-6,9-12H2,1H3. The Morgan fingerprint density at radius 3 is 2.89 bits per heavy atom. The van der Waals surface area contributed by atoms with Crippen LogP contribution in [0.5, 0.6) is 0 Å². The first-order valence-corrected chi connectivity index (χ1v) is 6.67. The molecule has 3 heteroatoms. The van der Waals surface area contributed by atoms with Crippen LogP contribution in [0.15, 0.2) is 30.3 Å². The summed E-state index contributed by atoms with van der Waals surface area (Å²) in [5.74, 6) is -0.0767. The number of hydrogen-bond donors (Lipinski definition) is 0. The largest absolute Gasteiger partial charge is 0.468 e. The van der Waals surface area contributed by atoms with Crippen LogP contribution in [-0.2, 0) is 16.0 Å². The molecule has 0 N–H and O–H groups in total. The van der Waals surface area contributed by atoms with Crippen molar-refractivity contribution in [3.63, 3.8) is 0 Å². The maximum absolute atomic E-state index is 11.6. The smallest absolute Gasteiger partial charge is 0.323 e. The summed E-state index contributed by atoms with van der Waals surface area (Å²) < 4.78 is 4.85. The molecule has 1 saturated heterocycles. The Morgan fingerprint density at radius 2 is 2.17 bits per heavy atom. The molecule has 98 valence electrons. The van der Waals surface area contributed by atoms with Gasteiger partial charge in [0.1, 0.15) is 6.04 Å². The summed E-state index contributed by atoms with van der Waals surface area (Å²) in [5, 5.41) is 0. The van der Waals surface area contributed by atoms with Crippen LogP contribution in [0, 0.1) is 0 Å². The summed E-state index contributed by atoms with van der Waals surface area (Å²) in [6, 6.07) is 10.5. The number of aryl methyl sites for hydroxylation is 1. The van der Waals surface area contributed by atoms with E-state index in [0.29, 0.717) is 0 Å². The Labute approximate surface area is 109 Å². The highest BCUT2D eigenvalue weighted by Crippen LogP contribution is 2.18. The molecule has 1 aliphatic heterocycles. The van der Waals surface area contributed by atoms with Gasteiger partial charge in [0.25, 0.3) is 0 Å². The molecule has 1 fully saturated rings. The number of ether oxygens (including phenoxy) is 1. The normalized spacial score (nSPS) is 19.9. The first-order chi connectivity index (χ1) is 8.81. The minimum absolute atomic E-state index is 0.00854. The van der Waals surface area contributed by atoms with Crippen molar-refractivity contribution in [3.05, 3.63) is 35.9 Å². The Kier molecular flexibility index (Phi) is 4.76. The maximum Gasteiger partial charge on any atom is 0.323 e. The highest BCUT2D eigenvalue weighted by molar-refractivity contribution is 5.75. The van der Waals surface area contributed by atoms with E-state index in [1.54, 1.807) is 0 Å². The van der Waals surface area contributed by atoms with Gasteiger partial charge >= 0.3 is 5.97 Å². The minimum atomic E-state index is -0.0767. The lowest BCUT2D eigenvalue weighted by Crippen LogP contribution is -2.37. The number of esters is 1. The topological polar surface area (TPSA) is 29.5 Å². The van der Waals surface area contributed by atoms with E-state index in [2.05, 4.69) is 29.2 Å². The monoisotopic (exact) mass is 247 g/mol. The van der Waals surface area contributed by atoms with Crippen molar-refractivity contribution < 1.29 is 9.53 Å². The Hall–Kier alpha value is -1.35. The average Bonchev–Trinajstić information content (AvgIpc) is 2.87. The number of likely N-dealkylation sites (tertiary alicyclic amines) is 1. The van der Waals surface area contributed by atoms with Crippen LogP contribution in [0.4, 0.5) is 0 Å². The third-order valence-electron chi connectivity index (χ3n) is 3.59. The molecule has 0 radical (unpaired) electrons. The van der Waals surface area contributed by atoms with E-state index in [1.165, 1.54) is 12.7 Å². The Bertz CT molecular complexity index is 377. The van der Waals surface area contributed by atoms with Gasteiger partial charge < -0.3 is 4.74 Å².